The van der Waals surface area contributed by atoms with Crippen LogP contribution in [0.2, 0.25) is 0 Å². The zero-order valence-electron chi connectivity index (χ0n) is 40.9. The summed E-state index contributed by atoms with van der Waals surface area (Å²) < 4.78 is 16.8. The van der Waals surface area contributed by atoms with E-state index in [2.05, 4.69) is 27.7 Å². The Bertz CT molecular complexity index is 905. The number of carbonyl (C=O) groups excluding carboxylic acids is 3. The number of hydrogen-bond donors (Lipinski definition) is 0. The van der Waals surface area contributed by atoms with Crippen molar-refractivity contribution in [1.29, 1.82) is 0 Å². The molecular weight excluding hydrogens is 745 g/mol. The Balaban J connectivity index is 4.24. The van der Waals surface area contributed by atoms with Gasteiger partial charge >= 0.3 is 17.9 Å². The van der Waals surface area contributed by atoms with Crippen LogP contribution in [0.15, 0.2) is 0 Å². The van der Waals surface area contributed by atoms with Gasteiger partial charge in [-0.15, -0.1) is 0 Å². The molecule has 356 valence electrons. The molecule has 60 heavy (non-hydrogen) atoms. The van der Waals surface area contributed by atoms with Crippen LogP contribution < -0.4 is 0 Å². The molecule has 0 amide bonds. The average molecular weight is 849 g/mol. The normalized spacial score (nSPS) is 12.4. The molecule has 0 radical (unpaired) electrons. The van der Waals surface area contributed by atoms with Crippen LogP contribution in [0.1, 0.15) is 304 Å². The minimum Gasteiger partial charge on any atom is -0.462 e. The van der Waals surface area contributed by atoms with Gasteiger partial charge < -0.3 is 14.2 Å². The Kier molecular flexibility index (Phi) is 47.2. The molecule has 0 fully saturated rings. The minimum atomic E-state index is -0.760. The lowest BCUT2D eigenvalue weighted by Gasteiger charge is -2.18. The number of carbonyl (C=O) groups is 3. The van der Waals surface area contributed by atoms with Crippen molar-refractivity contribution in [3.63, 3.8) is 0 Å². The molecule has 1 unspecified atom stereocenters. The molecular formula is C54H104O6. The minimum absolute atomic E-state index is 0.0631. The van der Waals surface area contributed by atoms with E-state index in [1.54, 1.807) is 0 Å². The fourth-order valence-electron chi connectivity index (χ4n) is 8.19. The Morgan fingerprint density at radius 2 is 0.583 bits per heavy atom. The third-order valence-corrected chi connectivity index (χ3v) is 12.7. The molecule has 0 aliphatic heterocycles. The summed E-state index contributed by atoms with van der Waals surface area (Å²) in [5.74, 6) is 0.0242. The van der Waals surface area contributed by atoms with Gasteiger partial charge in [-0.1, -0.05) is 265 Å². The first-order valence-corrected chi connectivity index (χ1v) is 26.9. The van der Waals surface area contributed by atoms with Crippen molar-refractivity contribution in [2.24, 2.45) is 5.92 Å². The summed E-state index contributed by atoms with van der Waals surface area (Å²) in [4.78, 5) is 37.9. The van der Waals surface area contributed by atoms with Gasteiger partial charge in [0, 0.05) is 19.3 Å². The molecule has 0 rings (SSSR count). The standard InChI is InChI=1S/C54H104O6/c1-5-8-10-12-14-16-17-18-19-20-21-22-23-24-25-31-35-39-43-47-54(57)60-51(48-58-52(55)45-41-37-33-28-15-13-11-9-6-2)49-59-53(56)46-42-38-34-30-27-26-29-32-36-40-44-50(4)7-3/h50-51H,5-49H2,1-4H3/t50?,51-/m1/s1. The number of ether oxygens (including phenoxy) is 3. The summed E-state index contributed by atoms with van der Waals surface area (Å²) in [5.41, 5.74) is 0. The first kappa shape index (κ1) is 58.4. The summed E-state index contributed by atoms with van der Waals surface area (Å²) in [6.45, 7) is 9.04. The largest absolute Gasteiger partial charge is 0.462 e. The van der Waals surface area contributed by atoms with Gasteiger partial charge in [-0.05, 0) is 25.2 Å². The van der Waals surface area contributed by atoms with E-state index in [0.29, 0.717) is 19.3 Å². The second-order valence-corrected chi connectivity index (χ2v) is 18.8. The zero-order valence-corrected chi connectivity index (χ0v) is 40.9. The van der Waals surface area contributed by atoms with E-state index < -0.39 is 6.10 Å². The smallest absolute Gasteiger partial charge is 0.306 e. The monoisotopic (exact) mass is 849 g/mol. The molecule has 0 bridgehead atoms. The molecule has 6 nitrogen and oxygen atoms in total. The first-order valence-electron chi connectivity index (χ1n) is 26.9. The van der Waals surface area contributed by atoms with E-state index >= 15 is 0 Å². The van der Waals surface area contributed by atoms with E-state index in [1.165, 1.54) is 199 Å². The first-order chi connectivity index (χ1) is 29.4. The summed E-state index contributed by atoms with van der Waals surface area (Å²) in [7, 11) is 0. The Morgan fingerprint density at radius 1 is 0.333 bits per heavy atom. The van der Waals surface area contributed by atoms with Crippen LogP contribution in [-0.4, -0.2) is 37.2 Å². The van der Waals surface area contributed by atoms with Crippen molar-refractivity contribution in [2.75, 3.05) is 13.2 Å². The van der Waals surface area contributed by atoms with Crippen molar-refractivity contribution in [3.8, 4) is 0 Å². The van der Waals surface area contributed by atoms with Crippen LogP contribution in [0.5, 0.6) is 0 Å². The highest BCUT2D eigenvalue weighted by molar-refractivity contribution is 5.71. The van der Waals surface area contributed by atoms with Crippen LogP contribution in [0.25, 0.3) is 0 Å². The molecule has 0 aromatic heterocycles. The van der Waals surface area contributed by atoms with E-state index in [1.807, 2.05) is 0 Å². The molecule has 0 aliphatic carbocycles. The lowest BCUT2D eigenvalue weighted by atomic mass is 9.99. The number of hydrogen-bond acceptors (Lipinski definition) is 6. The number of rotatable bonds is 49. The van der Waals surface area contributed by atoms with Gasteiger partial charge in [0.2, 0.25) is 0 Å². The summed E-state index contributed by atoms with van der Waals surface area (Å²) in [6, 6.07) is 0. The molecule has 6 heteroatoms. The van der Waals surface area contributed by atoms with Gasteiger partial charge in [0.15, 0.2) is 6.10 Å². The van der Waals surface area contributed by atoms with Gasteiger partial charge in [-0.2, -0.15) is 0 Å². The predicted molar refractivity (Wildman–Crippen MR) is 257 cm³/mol. The maximum atomic E-state index is 12.8. The molecule has 0 saturated carbocycles. The quantitative estimate of drug-likeness (QED) is 0.0345. The van der Waals surface area contributed by atoms with Crippen molar-refractivity contribution in [2.45, 2.75) is 310 Å². The SMILES string of the molecule is CCCCCCCCCCCCCCCCCCCCCC(=O)O[C@H](COC(=O)CCCCCCCCCCC)COC(=O)CCCCCCCCCCCCC(C)CC. The molecule has 2 atom stereocenters. The number of esters is 3. The Hall–Kier alpha value is -1.59. The fraction of sp³-hybridized carbons (Fsp3) is 0.944. The predicted octanol–water partition coefficient (Wildman–Crippen LogP) is 17.5. The number of unbranched alkanes of at least 4 members (excludes halogenated alkanes) is 35. The maximum Gasteiger partial charge on any atom is 0.306 e. The molecule has 0 N–H and O–H groups in total. The van der Waals surface area contributed by atoms with E-state index in [9.17, 15) is 14.4 Å². The van der Waals surface area contributed by atoms with Crippen LogP contribution in [-0.2, 0) is 28.6 Å². The van der Waals surface area contributed by atoms with E-state index in [4.69, 9.17) is 14.2 Å². The van der Waals surface area contributed by atoms with Crippen LogP contribution in [0.3, 0.4) is 0 Å². The Morgan fingerprint density at radius 3 is 0.867 bits per heavy atom. The maximum absolute atomic E-state index is 12.8. The molecule has 0 heterocycles. The highest BCUT2D eigenvalue weighted by atomic mass is 16.6. The highest BCUT2D eigenvalue weighted by Gasteiger charge is 2.19. The molecule has 0 saturated heterocycles. The van der Waals surface area contributed by atoms with Crippen LogP contribution in [0, 0.1) is 5.92 Å². The van der Waals surface area contributed by atoms with Crippen molar-refractivity contribution in [3.05, 3.63) is 0 Å². The Labute approximate surface area is 374 Å². The molecule has 0 spiro atoms. The summed E-state index contributed by atoms with van der Waals surface area (Å²) >= 11 is 0. The summed E-state index contributed by atoms with van der Waals surface area (Å²) in [5, 5.41) is 0. The topological polar surface area (TPSA) is 78.9 Å². The van der Waals surface area contributed by atoms with E-state index in [0.717, 1.165) is 63.7 Å². The molecule has 0 aromatic rings. The average Bonchev–Trinajstić information content (AvgIpc) is 3.25. The third kappa shape index (κ3) is 45.9. The van der Waals surface area contributed by atoms with Gasteiger partial charge in [-0.3, -0.25) is 14.4 Å². The van der Waals surface area contributed by atoms with Gasteiger partial charge in [0.25, 0.3) is 0 Å². The van der Waals surface area contributed by atoms with Crippen molar-refractivity contribution >= 4 is 17.9 Å². The van der Waals surface area contributed by atoms with Crippen molar-refractivity contribution < 1.29 is 28.6 Å². The summed E-state index contributed by atoms with van der Waals surface area (Å²) in [6.07, 6.45) is 50.9. The second-order valence-electron chi connectivity index (χ2n) is 18.8. The third-order valence-electron chi connectivity index (χ3n) is 12.7. The lowest BCUT2D eigenvalue weighted by Crippen LogP contribution is -2.30. The van der Waals surface area contributed by atoms with Gasteiger partial charge in [0.05, 0.1) is 0 Å². The van der Waals surface area contributed by atoms with Gasteiger partial charge in [0.1, 0.15) is 13.2 Å². The van der Waals surface area contributed by atoms with Crippen molar-refractivity contribution in [1.82, 2.24) is 0 Å². The van der Waals surface area contributed by atoms with Gasteiger partial charge in [-0.25, -0.2) is 0 Å². The highest BCUT2D eigenvalue weighted by Crippen LogP contribution is 2.18. The lowest BCUT2D eigenvalue weighted by molar-refractivity contribution is -0.167. The fourth-order valence-corrected chi connectivity index (χ4v) is 8.19. The second kappa shape index (κ2) is 48.4. The van der Waals surface area contributed by atoms with E-state index in [-0.39, 0.29) is 31.1 Å². The zero-order chi connectivity index (χ0) is 43.8. The molecule has 0 aromatic carbocycles. The van der Waals surface area contributed by atoms with Crippen LogP contribution >= 0.6 is 0 Å². The molecule has 0 aliphatic rings. The van der Waals surface area contributed by atoms with Crippen LogP contribution in [0.4, 0.5) is 0 Å².